The van der Waals surface area contributed by atoms with Crippen molar-refractivity contribution in [3.63, 3.8) is 0 Å². The summed E-state index contributed by atoms with van der Waals surface area (Å²) < 4.78 is 16.2. The third kappa shape index (κ3) is 3.04. The van der Waals surface area contributed by atoms with Gasteiger partial charge in [-0.2, -0.15) is 0 Å². The van der Waals surface area contributed by atoms with Crippen LogP contribution in [0.3, 0.4) is 0 Å². The first-order valence-corrected chi connectivity index (χ1v) is 6.38. The number of aryl methyl sites for hydroxylation is 1. The molecule has 0 spiro atoms. The molecule has 0 fully saturated rings. The van der Waals surface area contributed by atoms with E-state index in [2.05, 4.69) is 0 Å². The summed E-state index contributed by atoms with van der Waals surface area (Å²) in [5.41, 5.74) is 0.831. The Hall–Kier alpha value is -1.62. The van der Waals surface area contributed by atoms with Crippen molar-refractivity contribution in [1.82, 2.24) is 0 Å². The van der Waals surface area contributed by atoms with Crippen molar-refractivity contribution >= 4 is 17.6 Å². The van der Waals surface area contributed by atoms with E-state index in [9.17, 15) is 4.79 Å². The summed E-state index contributed by atoms with van der Waals surface area (Å²) >= 11 is 6.23. The van der Waals surface area contributed by atoms with Gasteiger partial charge in [-0.3, -0.25) is 4.79 Å². The van der Waals surface area contributed by atoms with Gasteiger partial charge in [0, 0.05) is 6.42 Å². The van der Waals surface area contributed by atoms with Crippen LogP contribution in [0.2, 0.25) is 5.02 Å². The Balaban J connectivity index is 2.26. The molecule has 1 aliphatic heterocycles. The van der Waals surface area contributed by atoms with E-state index in [1.54, 1.807) is 6.07 Å². The molecule has 1 heterocycles. The van der Waals surface area contributed by atoms with Gasteiger partial charge in [0.1, 0.15) is 24.0 Å². The maximum atomic E-state index is 10.5. The average Bonchev–Trinajstić information content (AvgIpc) is 2.39. The molecule has 0 unspecified atom stereocenters. The molecular formula is C13H15ClO5. The van der Waals surface area contributed by atoms with Gasteiger partial charge < -0.3 is 19.3 Å². The number of carbonyl (C=O) groups is 1. The number of fused-ring (bicyclic) bond motifs is 1. The minimum Gasteiger partial charge on any atom is -0.495 e. The number of rotatable bonds is 5. The van der Waals surface area contributed by atoms with E-state index in [1.807, 2.05) is 0 Å². The zero-order chi connectivity index (χ0) is 13.8. The first-order chi connectivity index (χ1) is 9.13. The summed E-state index contributed by atoms with van der Waals surface area (Å²) in [6.07, 6.45) is 1.18. The van der Waals surface area contributed by atoms with Gasteiger partial charge in [-0.05, 0) is 24.5 Å². The summed E-state index contributed by atoms with van der Waals surface area (Å²) in [6, 6.07) is 1.81. The molecule has 0 saturated carbocycles. The number of aliphatic carboxylic acids is 1. The fourth-order valence-electron chi connectivity index (χ4n) is 2.02. The van der Waals surface area contributed by atoms with Crippen LogP contribution >= 0.6 is 11.6 Å². The smallest absolute Gasteiger partial charge is 0.303 e. The SMILES string of the molecule is COc1c(CCCC(=O)O)cc2c(c1Cl)OCCO2. The monoisotopic (exact) mass is 286 g/mol. The molecule has 1 N–H and O–H groups in total. The van der Waals surface area contributed by atoms with Crippen molar-refractivity contribution in [3.05, 3.63) is 16.7 Å². The van der Waals surface area contributed by atoms with Crippen LogP contribution in [0.15, 0.2) is 6.07 Å². The zero-order valence-corrected chi connectivity index (χ0v) is 11.3. The lowest BCUT2D eigenvalue weighted by atomic mass is 10.1. The van der Waals surface area contributed by atoms with E-state index in [4.69, 9.17) is 30.9 Å². The van der Waals surface area contributed by atoms with Crippen LogP contribution in [0, 0.1) is 0 Å². The number of ether oxygens (including phenoxy) is 3. The first kappa shape index (κ1) is 13.8. The topological polar surface area (TPSA) is 65.0 Å². The molecule has 1 aliphatic rings. The highest BCUT2D eigenvalue weighted by Gasteiger charge is 2.22. The molecule has 1 aromatic rings. The van der Waals surface area contributed by atoms with Crippen molar-refractivity contribution in [2.75, 3.05) is 20.3 Å². The normalized spacial score (nSPS) is 13.2. The summed E-state index contributed by atoms with van der Waals surface area (Å²) in [5.74, 6) is 0.785. The predicted octanol–water partition coefficient (Wildman–Crippen LogP) is 2.53. The Morgan fingerprint density at radius 1 is 1.47 bits per heavy atom. The zero-order valence-electron chi connectivity index (χ0n) is 10.6. The largest absolute Gasteiger partial charge is 0.495 e. The molecule has 0 bridgehead atoms. The Morgan fingerprint density at radius 2 is 2.21 bits per heavy atom. The lowest BCUT2D eigenvalue weighted by Gasteiger charge is -2.22. The molecule has 2 rings (SSSR count). The highest BCUT2D eigenvalue weighted by Crippen LogP contribution is 2.45. The van der Waals surface area contributed by atoms with Gasteiger partial charge in [0.15, 0.2) is 11.5 Å². The van der Waals surface area contributed by atoms with E-state index in [0.717, 1.165) is 5.56 Å². The van der Waals surface area contributed by atoms with Gasteiger partial charge in [0.05, 0.1) is 7.11 Å². The number of hydrogen-bond acceptors (Lipinski definition) is 4. The van der Waals surface area contributed by atoms with Crippen LogP contribution in [0.25, 0.3) is 0 Å². The highest BCUT2D eigenvalue weighted by atomic mass is 35.5. The Bertz CT molecular complexity index is 486. The van der Waals surface area contributed by atoms with Crippen molar-refractivity contribution in [2.24, 2.45) is 0 Å². The molecule has 0 saturated heterocycles. The molecule has 0 amide bonds. The molecule has 0 atom stereocenters. The summed E-state index contributed by atoms with van der Waals surface area (Å²) in [7, 11) is 1.53. The van der Waals surface area contributed by atoms with Gasteiger partial charge in [0.2, 0.25) is 0 Å². The molecule has 104 valence electrons. The third-order valence-corrected chi connectivity index (χ3v) is 3.19. The second-order valence-electron chi connectivity index (χ2n) is 4.15. The minimum absolute atomic E-state index is 0.106. The standard InChI is InChI=1S/C13H15ClO5/c1-17-12-8(3-2-4-10(15)16)7-9-13(11(12)14)19-6-5-18-9/h7H,2-6H2,1H3,(H,15,16). The third-order valence-electron chi connectivity index (χ3n) is 2.85. The molecule has 0 radical (unpaired) electrons. The predicted molar refractivity (Wildman–Crippen MR) is 69.6 cm³/mol. The van der Waals surface area contributed by atoms with Crippen LogP contribution in [0.4, 0.5) is 0 Å². The van der Waals surface area contributed by atoms with Crippen LogP contribution in [-0.2, 0) is 11.2 Å². The van der Waals surface area contributed by atoms with E-state index in [1.165, 1.54) is 7.11 Å². The molecule has 1 aromatic carbocycles. The molecule has 0 aromatic heterocycles. The number of benzene rings is 1. The van der Waals surface area contributed by atoms with Gasteiger partial charge in [-0.25, -0.2) is 0 Å². The van der Waals surface area contributed by atoms with E-state index in [-0.39, 0.29) is 6.42 Å². The average molecular weight is 287 g/mol. The first-order valence-electron chi connectivity index (χ1n) is 6.00. The maximum absolute atomic E-state index is 10.5. The molecule has 5 nitrogen and oxygen atoms in total. The maximum Gasteiger partial charge on any atom is 0.303 e. The van der Waals surface area contributed by atoms with Gasteiger partial charge in [0.25, 0.3) is 0 Å². The lowest BCUT2D eigenvalue weighted by Crippen LogP contribution is -2.16. The molecule has 0 aliphatic carbocycles. The summed E-state index contributed by atoms with van der Waals surface area (Å²) in [6.45, 7) is 0.929. The van der Waals surface area contributed by atoms with Crippen LogP contribution in [-0.4, -0.2) is 31.4 Å². The van der Waals surface area contributed by atoms with Crippen LogP contribution < -0.4 is 14.2 Å². The van der Waals surface area contributed by atoms with E-state index >= 15 is 0 Å². The van der Waals surface area contributed by atoms with Gasteiger partial charge in [-0.1, -0.05) is 11.6 Å². The van der Waals surface area contributed by atoms with Crippen LogP contribution in [0.5, 0.6) is 17.2 Å². The molecular weight excluding hydrogens is 272 g/mol. The van der Waals surface area contributed by atoms with Gasteiger partial charge >= 0.3 is 5.97 Å². The highest BCUT2D eigenvalue weighted by molar-refractivity contribution is 6.34. The Morgan fingerprint density at radius 3 is 2.89 bits per heavy atom. The van der Waals surface area contributed by atoms with Crippen molar-refractivity contribution in [3.8, 4) is 17.2 Å². The Labute approximate surface area is 116 Å². The lowest BCUT2D eigenvalue weighted by molar-refractivity contribution is -0.137. The minimum atomic E-state index is -0.817. The molecule has 6 heteroatoms. The second kappa shape index (κ2) is 6.02. The second-order valence-corrected chi connectivity index (χ2v) is 4.53. The quantitative estimate of drug-likeness (QED) is 0.901. The van der Waals surface area contributed by atoms with Gasteiger partial charge in [-0.15, -0.1) is 0 Å². The van der Waals surface area contributed by atoms with E-state index in [0.29, 0.717) is 48.3 Å². The fraction of sp³-hybridized carbons (Fsp3) is 0.462. The number of hydrogen-bond donors (Lipinski definition) is 1. The number of carboxylic acid groups (broad SMARTS) is 1. The van der Waals surface area contributed by atoms with Crippen molar-refractivity contribution in [1.29, 1.82) is 0 Å². The summed E-state index contributed by atoms with van der Waals surface area (Å²) in [4.78, 5) is 10.5. The fourth-order valence-corrected chi connectivity index (χ4v) is 2.36. The van der Waals surface area contributed by atoms with E-state index < -0.39 is 5.97 Å². The number of halogens is 1. The summed E-state index contributed by atoms with van der Waals surface area (Å²) in [5, 5.41) is 9.04. The number of methoxy groups -OCH3 is 1. The Kier molecular flexibility index (Phi) is 4.37. The molecule has 19 heavy (non-hydrogen) atoms. The number of carboxylic acids is 1. The van der Waals surface area contributed by atoms with Crippen molar-refractivity contribution in [2.45, 2.75) is 19.3 Å². The van der Waals surface area contributed by atoms with Crippen LogP contribution in [0.1, 0.15) is 18.4 Å². The van der Waals surface area contributed by atoms with Crippen molar-refractivity contribution < 1.29 is 24.1 Å².